The van der Waals surface area contributed by atoms with Crippen LogP contribution in [0.4, 0.5) is 0 Å². The van der Waals surface area contributed by atoms with Crippen molar-refractivity contribution in [1.82, 2.24) is 24.8 Å². The van der Waals surface area contributed by atoms with Gasteiger partial charge in [0.25, 0.3) is 0 Å². The Morgan fingerprint density at radius 3 is 2.27 bits per heavy atom. The molecule has 5 rings (SSSR count). The lowest BCUT2D eigenvalue weighted by molar-refractivity contribution is -0.133. The summed E-state index contributed by atoms with van der Waals surface area (Å²) in [6, 6.07) is 18.6. The lowest BCUT2D eigenvalue weighted by atomic mass is 10.0. The number of fused-ring (bicyclic) bond motifs is 1. The van der Waals surface area contributed by atoms with Crippen molar-refractivity contribution in [2.24, 2.45) is 0 Å². The number of nitrogens with zero attached hydrogens (tertiary/aromatic N) is 4. The largest absolute Gasteiger partial charge is 0.481 e. The normalized spacial score (nSPS) is 14.7. The van der Waals surface area contributed by atoms with Gasteiger partial charge in [0.15, 0.2) is 10.8 Å². The van der Waals surface area contributed by atoms with Gasteiger partial charge in [-0.2, -0.15) is 0 Å². The summed E-state index contributed by atoms with van der Waals surface area (Å²) in [7, 11) is 0. The molecule has 0 amide bonds. The van der Waals surface area contributed by atoms with Crippen molar-refractivity contribution in [2.45, 2.75) is 11.7 Å². The first-order chi connectivity index (χ1) is 19.5. The van der Waals surface area contributed by atoms with Crippen LogP contribution in [0.25, 0.3) is 33.5 Å². The zero-order chi connectivity index (χ0) is 27.9. The number of pyridine rings is 1. The molecule has 1 aliphatic rings. The number of imidazole rings is 1. The molecule has 0 spiro atoms. The van der Waals surface area contributed by atoms with Crippen molar-refractivity contribution in [1.29, 1.82) is 0 Å². The maximum atomic E-state index is 10.8. The van der Waals surface area contributed by atoms with Crippen LogP contribution >= 0.6 is 23.4 Å². The molecule has 3 N–H and O–H groups in total. The smallest absolute Gasteiger partial charge is 0.313 e. The van der Waals surface area contributed by atoms with Crippen LogP contribution in [0, 0.1) is 0 Å². The summed E-state index contributed by atoms with van der Waals surface area (Å²) in [6.07, 6.45) is 0. The van der Waals surface area contributed by atoms with Crippen LogP contribution in [0.3, 0.4) is 0 Å². The SMILES string of the molecule is O=C(O)CSc1nc2nc(-c3ccc(-c4ccc(CN5CCN(CCOCCO)CC5)cc4)cc3)c(Cl)cc2[nH]1. The lowest BCUT2D eigenvalue weighted by Gasteiger charge is -2.34. The number of aliphatic carboxylic acids is 1. The first-order valence-corrected chi connectivity index (χ1v) is 14.6. The van der Waals surface area contributed by atoms with Crippen molar-refractivity contribution >= 4 is 40.5 Å². The van der Waals surface area contributed by atoms with Crippen LogP contribution in [0.2, 0.25) is 5.02 Å². The maximum absolute atomic E-state index is 10.8. The molecule has 2 aromatic heterocycles. The highest BCUT2D eigenvalue weighted by Crippen LogP contribution is 2.31. The third kappa shape index (κ3) is 7.39. The number of aliphatic hydroxyl groups excluding tert-OH is 1. The van der Waals surface area contributed by atoms with E-state index in [0.29, 0.717) is 40.3 Å². The predicted octanol–water partition coefficient (Wildman–Crippen LogP) is 4.25. The van der Waals surface area contributed by atoms with Crippen LogP contribution in [-0.2, 0) is 16.1 Å². The van der Waals surface area contributed by atoms with Gasteiger partial charge >= 0.3 is 5.97 Å². The van der Waals surface area contributed by atoms with Gasteiger partial charge in [0, 0.05) is 44.8 Å². The summed E-state index contributed by atoms with van der Waals surface area (Å²) in [5.74, 6) is -0.984. The molecule has 4 aromatic rings. The predicted molar refractivity (Wildman–Crippen MR) is 158 cm³/mol. The van der Waals surface area contributed by atoms with E-state index in [-0.39, 0.29) is 12.4 Å². The lowest BCUT2D eigenvalue weighted by Crippen LogP contribution is -2.46. The molecule has 0 atom stereocenters. The van der Waals surface area contributed by atoms with Gasteiger partial charge in [-0.05, 0) is 22.8 Å². The number of carbonyl (C=O) groups is 1. The average Bonchev–Trinajstić information content (AvgIpc) is 3.37. The van der Waals surface area contributed by atoms with E-state index in [4.69, 9.17) is 26.6 Å². The molecule has 0 unspecified atom stereocenters. The molecule has 0 saturated carbocycles. The van der Waals surface area contributed by atoms with Gasteiger partial charge in [0.1, 0.15) is 0 Å². The first kappa shape index (κ1) is 28.5. The van der Waals surface area contributed by atoms with Crippen LogP contribution in [0.15, 0.2) is 59.8 Å². The summed E-state index contributed by atoms with van der Waals surface area (Å²) in [5, 5.41) is 18.7. The second-order valence-electron chi connectivity index (χ2n) is 9.64. The number of carboxylic acid groups (broad SMARTS) is 1. The molecule has 11 heteroatoms. The minimum absolute atomic E-state index is 0.0768. The number of ether oxygens (including phenoxy) is 1. The fourth-order valence-corrected chi connectivity index (χ4v) is 5.56. The van der Waals surface area contributed by atoms with E-state index in [9.17, 15) is 4.79 Å². The van der Waals surface area contributed by atoms with Crippen LogP contribution in [-0.4, -0.2) is 99.2 Å². The Bertz CT molecular complexity index is 1420. The number of H-pyrrole nitrogens is 1. The van der Waals surface area contributed by atoms with Crippen molar-refractivity contribution in [3.05, 3.63) is 65.2 Å². The number of rotatable bonds is 12. The highest BCUT2D eigenvalue weighted by molar-refractivity contribution is 7.99. The van der Waals surface area contributed by atoms with Crippen molar-refractivity contribution < 1.29 is 19.7 Å². The van der Waals surface area contributed by atoms with E-state index in [0.717, 1.165) is 67.7 Å². The van der Waals surface area contributed by atoms with Gasteiger partial charge in [-0.25, -0.2) is 9.97 Å². The minimum atomic E-state index is -0.904. The third-order valence-corrected chi connectivity index (χ3v) is 7.99. The van der Waals surface area contributed by atoms with Gasteiger partial charge in [-0.1, -0.05) is 71.9 Å². The van der Waals surface area contributed by atoms with E-state index < -0.39 is 5.97 Å². The number of hydrogen-bond acceptors (Lipinski definition) is 8. The van der Waals surface area contributed by atoms with Crippen LogP contribution in [0.5, 0.6) is 0 Å². The molecule has 0 radical (unpaired) electrons. The molecular formula is C29H32ClN5O4S. The average molecular weight is 582 g/mol. The molecule has 40 heavy (non-hydrogen) atoms. The number of aromatic amines is 1. The van der Waals surface area contributed by atoms with Crippen molar-refractivity contribution in [2.75, 3.05) is 58.3 Å². The first-order valence-electron chi connectivity index (χ1n) is 13.2. The molecule has 1 saturated heterocycles. The number of aliphatic hydroxyl groups is 1. The van der Waals surface area contributed by atoms with Gasteiger partial charge in [0.2, 0.25) is 0 Å². The van der Waals surface area contributed by atoms with E-state index in [1.807, 2.05) is 12.1 Å². The third-order valence-electron chi connectivity index (χ3n) is 6.84. The Hall–Kier alpha value is -2.99. The number of carboxylic acids is 1. The monoisotopic (exact) mass is 581 g/mol. The summed E-state index contributed by atoms with van der Waals surface area (Å²) in [4.78, 5) is 27.8. The molecule has 9 nitrogen and oxygen atoms in total. The highest BCUT2D eigenvalue weighted by atomic mass is 35.5. The second kappa shape index (κ2) is 13.6. The number of halogens is 1. The molecule has 1 fully saturated rings. The van der Waals surface area contributed by atoms with Crippen molar-refractivity contribution in [3.63, 3.8) is 0 Å². The van der Waals surface area contributed by atoms with E-state index in [2.05, 4.69) is 61.1 Å². The Morgan fingerprint density at radius 2 is 1.60 bits per heavy atom. The second-order valence-corrected chi connectivity index (χ2v) is 11.0. The van der Waals surface area contributed by atoms with E-state index in [1.54, 1.807) is 6.07 Å². The molecule has 1 aliphatic heterocycles. The van der Waals surface area contributed by atoms with E-state index >= 15 is 0 Å². The molecule has 2 aromatic carbocycles. The number of piperazine rings is 1. The van der Waals surface area contributed by atoms with Crippen LogP contribution in [0.1, 0.15) is 5.56 Å². The maximum Gasteiger partial charge on any atom is 0.313 e. The topological polar surface area (TPSA) is 115 Å². The minimum Gasteiger partial charge on any atom is -0.481 e. The fraction of sp³-hybridized carbons (Fsp3) is 0.345. The summed E-state index contributed by atoms with van der Waals surface area (Å²) in [6.45, 7) is 7.13. The fourth-order valence-electron chi connectivity index (χ4n) is 4.71. The Balaban J connectivity index is 1.18. The van der Waals surface area contributed by atoms with E-state index in [1.165, 1.54) is 5.56 Å². The quantitative estimate of drug-likeness (QED) is 0.167. The standard InChI is InChI=1S/C29H32ClN5O4S/c30-24-17-25-28(33-29(31-25)40-19-26(37)38)32-27(24)23-7-5-22(6-8-23)21-3-1-20(2-4-21)18-35-11-9-34(10-12-35)13-15-39-16-14-36/h1-8,17,36H,9-16,18-19H2,(H,37,38)(H,31,32,33). The molecular weight excluding hydrogens is 550 g/mol. The summed E-state index contributed by atoms with van der Waals surface area (Å²) in [5.41, 5.74) is 6.24. The number of nitrogens with one attached hydrogen (secondary N) is 1. The van der Waals surface area contributed by atoms with Gasteiger partial charge in [-0.15, -0.1) is 0 Å². The Kier molecular flexibility index (Phi) is 9.69. The Morgan fingerprint density at radius 1 is 0.950 bits per heavy atom. The van der Waals surface area contributed by atoms with Gasteiger partial charge in [0.05, 0.1) is 41.8 Å². The van der Waals surface area contributed by atoms with Crippen molar-refractivity contribution in [3.8, 4) is 22.4 Å². The van der Waals surface area contributed by atoms with Crippen LogP contribution < -0.4 is 0 Å². The molecule has 0 bridgehead atoms. The zero-order valence-corrected chi connectivity index (χ0v) is 23.6. The number of hydrogen-bond donors (Lipinski definition) is 3. The number of thioether (sulfide) groups is 1. The number of benzene rings is 2. The molecule has 0 aliphatic carbocycles. The number of aromatic nitrogens is 3. The highest BCUT2D eigenvalue weighted by Gasteiger charge is 2.17. The zero-order valence-electron chi connectivity index (χ0n) is 22.1. The summed E-state index contributed by atoms with van der Waals surface area (Å²) < 4.78 is 5.39. The van der Waals surface area contributed by atoms with Gasteiger partial charge in [-0.3, -0.25) is 14.6 Å². The summed E-state index contributed by atoms with van der Waals surface area (Å²) >= 11 is 7.65. The Labute approximate surface area is 242 Å². The molecule has 210 valence electrons. The molecule has 3 heterocycles. The van der Waals surface area contributed by atoms with Gasteiger partial charge < -0.3 is 19.9 Å².